The number of benzene rings is 2. The first-order valence-electron chi connectivity index (χ1n) is 9.69. The first kappa shape index (κ1) is 20.3. The van der Waals surface area contributed by atoms with Crippen molar-refractivity contribution < 1.29 is 27.4 Å². The van der Waals surface area contributed by atoms with Gasteiger partial charge in [-0.3, -0.25) is 4.90 Å². The van der Waals surface area contributed by atoms with Gasteiger partial charge in [-0.1, -0.05) is 36.4 Å². The highest BCUT2D eigenvalue weighted by Crippen LogP contribution is 2.38. The summed E-state index contributed by atoms with van der Waals surface area (Å²) in [7, 11) is 0. The van der Waals surface area contributed by atoms with E-state index >= 15 is 0 Å². The van der Waals surface area contributed by atoms with Gasteiger partial charge < -0.3 is 9.84 Å². The highest BCUT2D eigenvalue weighted by molar-refractivity contribution is 5.29. The molecule has 0 aliphatic carbocycles. The molecule has 2 aromatic carbocycles. The third-order valence-corrected chi connectivity index (χ3v) is 5.87. The van der Waals surface area contributed by atoms with Crippen molar-refractivity contribution in [3.8, 4) is 0 Å². The fourth-order valence-corrected chi connectivity index (χ4v) is 4.62. The van der Waals surface area contributed by atoms with Crippen molar-refractivity contribution in [2.75, 3.05) is 13.2 Å². The lowest BCUT2D eigenvalue weighted by molar-refractivity contribution is -0.146. The zero-order valence-electron chi connectivity index (χ0n) is 15.8. The molecule has 2 fully saturated rings. The average molecular weight is 409 g/mol. The van der Waals surface area contributed by atoms with Crippen molar-refractivity contribution in [3.05, 3.63) is 71.0 Å². The number of aliphatic hydroxyl groups is 1. The number of morpholine rings is 1. The second-order valence-corrected chi connectivity index (χ2v) is 8.12. The minimum absolute atomic E-state index is 0.0183. The van der Waals surface area contributed by atoms with Crippen LogP contribution in [-0.2, 0) is 23.9 Å². The topological polar surface area (TPSA) is 32.7 Å². The first-order chi connectivity index (χ1) is 13.7. The third-order valence-electron chi connectivity index (χ3n) is 5.87. The number of halogens is 4. The average Bonchev–Trinajstić information content (AvgIpc) is 2.64. The van der Waals surface area contributed by atoms with Crippen molar-refractivity contribution in [2.24, 2.45) is 0 Å². The number of alkyl halides is 3. The number of ether oxygens (including phenoxy) is 1. The van der Waals surface area contributed by atoms with E-state index < -0.39 is 23.2 Å². The Bertz CT molecular complexity index is 842. The van der Waals surface area contributed by atoms with E-state index in [0.29, 0.717) is 26.1 Å². The minimum atomic E-state index is -4.76. The fourth-order valence-electron chi connectivity index (χ4n) is 4.62. The maximum atomic E-state index is 13.6. The van der Waals surface area contributed by atoms with E-state index in [9.17, 15) is 22.7 Å². The Labute approximate surface area is 166 Å². The van der Waals surface area contributed by atoms with Gasteiger partial charge in [0.2, 0.25) is 0 Å². The van der Waals surface area contributed by atoms with Gasteiger partial charge in [-0.25, -0.2) is 4.39 Å². The molecule has 2 aliphatic heterocycles. The molecule has 2 aromatic rings. The first-order valence-corrected chi connectivity index (χ1v) is 9.69. The van der Waals surface area contributed by atoms with Crippen LogP contribution in [-0.4, -0.2) is 40.9 Å². The van der Waals surface area contributed by atoms with Crippen LogP contribution in [0.1, 0.15) is 29.5 Å². The predicted molar refractivity (Wildman–Crippen MR) is 99.7 cm³/mol. The standard InChI is InChI=1S/C22H23F4NO2/c23-20-7-6-16(8-19(20)22(24,25)26)9-21(28)10-17-13-29-14-18(11-21)27(17)12-15-4-2-1-3-5-15/h1-8,17-18,28H,9-14H2. The van der Waals surface area contributed by atoms with Gasteiger partial charge in [-0.2, -0.15) is 13.2 Å². The number of rotatable bonds is 4. The monoisotopic (exact) mass is 409 g/mol. The second-order valence-electron chi connectivity index (χ2n) is 8.12. The predicted octanol–water partition coefficient (Wildman–Crippen LogP) is 4.18. The van der Waals surface area contributed by atoms with Gasteiger partial charge in [0.15, 0.2) is 0 Å². The SMILES string of the molecule is OC1(Cc2ccc(F)c(C(F)(F)F)c2)CC2COCC(C1)N2Cc1ccccc1. The van der Waals surface area contributed by atoms with Gasteiger partial charge in [0.05, 0.1) is 24.4 Å². The van der Waals surface area contributed by atoms with Crippen LogP contribution in [0, 0.1) is 5.82 Å². The summed E-state index contributed by atoms with van der Waals surface area (Å²) in [5.41, 5.74) is -0.976. The van der Waals surface area contributed by atoms with Crippen molar-refractivity contribution in [2.45, 2.75) is 49.7 Å². The molecule has 2 aliphatic rings. The van der Waals surface area contributed by atoms with Crippen LogP contribution >= 0.6 is 0 Å². The molecule has 0 amide bonds. The summed E-state index contributed by atoms with van der Waals surface area (Å²) in [5.74, 6) is -1.30. The highest BCUT2D eigenvalue weighted by atomic mass is 19.4. The van der Waals surface area contributed by atoms with Gasteiger partial charge in [0.1, 0.15) is 5.82 Å². The normalized spacial score (nSPS) is 27.8. The molecule has 156 valence electrons. The van der Waals surface area contributed by atoms with Crippen LogP contribution in [0.5, 0.6) is 0 Å². The molecule has 2 atom stereocenters. The van der Waals surface area contributed by atoms with Gasteiger partial charge >= 0.3 is 6.18 Å². The van der Waals surface area contributed by atoms with Crippen LogP contribution in [0.2, 0.25) is 0 Å². The Kier molecular flexibility index (Phi) is 5.40. The molecule has 29 heavy (non-hydrogen) atoms. The van der Waals surface area contributed by atoms with Crippen LogP contribution < -0.4 is 0 Å². The fraction of sp³-hybridized carbons (Fsp3) is 0.455. The van der Waals surface area contributed by atoms with E-state index in [1.807, 2.05) is 18.2 Å². The molecular weight excluding hydrogens is 386 g/mol. The largest absolute Gasteiger partial charge is 0.419 e. The Morgan fingerprint density at radius 2 is 1.66 bits per heavy atom. The molecule has 2 heterocycles. The maximum absolute atomic E-state index is 13.6. The third kappa shape index (κ3) is 4.47. The van der Waals surface area contributed by atoms with Crippen molar-refractivity contribution in [3.63, 3.8) is 0 Å². The molecule has 3 nitrogen and oxygen atoms in total. The molecule has 0 radical (unpaired) electrons. The smallest absolute Gasteiger partial charge is 0.389 e. The van der Waals surface area contributed by atoms with Crippen LogP contribution in [0.25, 0.3) is 0 Å². The summed E-state index contributed by atoms with van der Waals surface area (Å²) in [6.45, 7) is 1.69. The summed E-state index contributed by atoms with van der Waals surface area (Å²) in [6, 6.07) is 13.0. The lowest BCUT2D eigenvalue weighted by Crippen LogP contribution is -2.61. The maximum Gasteiger partial charge on any atom is 0.419 e. The highest BCUT2D eigenvalue weighted by Gasteiger charge is 2.46. The second kappa shape index (κ2) is 7.70. The lowest BCUT2D eigenvalue weighted by atomic mass is 9.77. The number of piperidine rings is 1. The zero-order chi connectivity index (χ0) is 20.6. The number of fused-ring (bicyclic) bond motifs is 2. The van der Waals surface area contributed by atoms with Crippen LogP contribution in [0.4, 0.5) is 17.6 Å². The van der Waals surface area contributed by atoms with E-state index in [4.69, 9.17) is 4.74 Å². The Balaban J connectivity index is 1.52. The van der Waals surface area contributed by atoms with Crippen molar-refractivity contribution >= 4 is 0 Å². The molecule has 1 N–H and O–H groups in total. The van der Waals surface area contributed by atoms with Crippen molar-refractivity contribution in [1.82, 2.24) is 4.90 Å². The van der Waals surface area contributed by atoms with Gasteiger partial charge in [0, 0.05) is 25.0 Å². The summed E-state index contributed by atoms with van der Waals surface area (Å²) >= 11 is 0. The molecule has 2 saturated heterocycles. The van der Waals surface area contributed by atoms with Gasteiger partial charge in [-0.15, -0.1) is 0 Å². The summed E-state index contributed by atoms with van der Waals surface area (Å²) in [4.78, 5) is 2.32. The molecule has 7 heteroatoms. The van der Waals surface area contributed by atoms with Gasteiger partial charge in [-0.05, 0) is 36.1 Å². The molecule has 4 rings (SSSR count). The summed E-state index contributed by atoms with van der Waals surface area (Å²) in [5, 5.41) is 11.2. The summed E-state index contributed by atoms with van der Waals surface area (Å²) in [6.07, 6.45) is -3.90. The van der Waals surface area contributed by atoms with Gasteiger partial charge in [0.25, 0.3) is 0 Å². The minimum Gasteiger partial charge on any atom is -0.389 e. The quantitative estimate of drug-likeness (QED) is 0.769. The number of nitrogens with zero attached hydrogens (tertiary/aromatic N) is 1. The molecule has 2 unspecified atom stereocenters. The molecule has 2 bridgehead atoms. The van der Waals surface area contributed by atoms with E-state index in [1.54, 1.807) is 0 Å². The van der Waals surface area contributed by atoms with E-state index in [2.05, 4.69) is 17.0 Å². The van der Waals surface area contributed by atoms with E-state index in [-0.39, 0.29) is 24.1 Å². The molecule has 0 saturated carbocycles. The number of hydrogen-bond acceptors (Lipinski definition) is 3. The van der Waals surface area contributed by atoms with Crippen LogP contribution in [0.15, 0.2) is 48.5 Å². The molecule has 0 aromatic heterocycles. The zero-order valence-corrected chi connectivity index (χ0v) is 15.8. The lowest BCUT2D eigenvalue weighted by Gasteiger charge is -2.52. The number of hydrogen-bond donors (Lipinski definition) is 1. The van der Waals surface area contributed by atoms with Crippen molar-refractivity contribution in [1.29, 1.82) is 0 Å². The Morgan fingerprint density at radius 1 is 1.00 bits per heavy atom. The Hall–Kier alpha value is -1.96. The van der Waals surface area contributed by atoms with E-state index in [1.165, 1.54) is 11.6 Å². The molecule has 0 spiro atoms. The Morgan fingerprint density at radius 3 is 2.28 bits per heavy atom. The molecular formula is C22H23F4NO2. The summed E-state index contributed by atoms with van der Waals surface area (Å²) < 4.78 is 58.3. The van der Waals surface area contributed by atoms with E-state index in [0.717, 1.165) is 18.7 Å². The van der Waals surface area contributed by atoms with Crippen LogP contribution in [0.3, 0.4) is 0 Å².